The summed E-state index contributed by atoms with van der Waals surface area (Å²) in [5.74, 6) is 0.710. The Balaban J connectivity index is 1.30. The molecule has 9 aromatic rings. The molecule has 0 unspecified atom stereocenters. The summed E-state index contributed by atoms with van der Waals surface area (Å²) in [7, 11) is 0. The van der Waals surface area contributed by atoms with Gasteiger partial charge in [-0.3, -0.25) is 0 Å². The van der Waals surface area contributed by atoms with E-state index in [1.807, 2.05) is 18.2 Å². The second-order valence-corrected chi connectivity index (χ2v) is 13.6. The molecule has 0 aliphatic carbocycles. The van der Waals surface area contributed by atoms with E-state index in [1.165, 1.54) is 28.7 Å². The predicted molar refractivity (Wildman–Crippen MR) is 175 cm³/mol. The van der Waals surface area contributed by atoms with Gasteiger partial charge in [0.2, 0.25) is 0 Å². The first-order chi connectivity index (χ1) is 20.8. The third-order valence-corrected chi connectivity index (χ3v) is 11.3. The van der Waals surface area contributed by atoms with Crippen molar-refractivity contribution in [1.29, 1.82) is 0 Å². The van der Waals surface area contributed by atoms with E-state index in [0.29, 0.717) is 5.82 Å². The fourth-order valence-corrected chi connectivity index (χ4v) is 9.44. The van der Waals surface area contributed by atoms with Crippen LogP contribution < -0.4 is 0 Å². The van der Waals surface area contributed by atoms with Gasteiger partial charge >= 0.3 is 204 Å². The van der Waals surface area contributed by atoms with E-state index in [0.717, 1.165) is 49.7 Å². The number of hydrogen-bond donors (Lipinski definition) is 0. The molecule has 0 N–H and O–H groups in total. The fourth-order valence-electron chi connectivity index (χ4n) is 6.21. The van der Waals surface area contributed by atoms with Crippen LogP contribution >= 0.6 is 0 Å². The van der Waals surface area contributed by atoms with Crippen molar-refractivity contribution in [3.05, 3.63) is 133 Å². The van der Waals surface area contributed by atoms with Gasteiger partial charge in [-0.1, -0.05) is 48.5 Å². The van der Waals surface area contributed by atoms with Crippen LogP contribution in [-0.2, 0) is 0 Å². The molecule has 0 bridgehead atoms. The first-order valence-corrected chi connectivity index (χ1v) is 16.3. The Morgan fingerprint density at radius 1 is 0.476 bits per heavy atom. The zero-order chi connectivity index (χ0) is 27.6. The maximum absolute atomic E-state index is 6.42. The predicted octanol–water partition coefficient (Wildman–Crippen LogP) is 9.89. The molecule has 196 valence electrons. The zero-order valence-corrected chi connectivity index (χ0v) is 24.7. The van der Waals surface area contributed by atoms with Gasteiger partial charge in [-0.2, -0.15) is 0 Å². The second-order valence-electron chi connectivity index (χ2n) is 10.5. The van der Waals surface area contributed by atoms with Gasteiger partial charge in [-0.15, -0.1) is 0 Å². The molecule has 0 atom stereocenters. The number of aromatic nitrogens is 2. The summed E-state index contributed by atoms with van der Waals surface area (Å²) in [6.45, 7) is 0. The number of furan rings is 1. The van der Waals surface area contributed by atoms with Crippen LogP contribution in [0.1, 0.15) is 0 Å². The molecular weight excluding hydrogens is 628 g/mol. The van der Waals surface area contributed by atoms with Crippen LogP contribution in [0.5, 0.6) is 0 Å². The average Bonchev–Trinajstić information content (AvgIpc) is 3.63. The molecule has 0 saturated carbocycles. The molecule has 3 heterocycles. The number of fused-ring (bicyclic) bond motifs is 7. The van der Waals surface area contributed by atoms with Crippen LogP contribution in [0.3, 0.4) is 0 Å². The first kappa shape index (κ1) is 23.9. The molecule has 6 aromatic carbocycles. The van der Waals surface area contributed by atoms with Crippen LogP contribution in [-0.4, -0.2) is 30.4 Å². The van der Waals surface area contributed by atoms with Crippen molar-refractivity contribution in [2.75, 3.05) is 0 Å². The van der Waals surface area contributed by atoms with Gasteiger partial charge in [0.15, 0.2) is 0 Å². The Hall–Kier alpha value is -4.75. The molecule has 0 aliphatic rings. The Morgan fingerprint density at radius 2 is 1.21 bits per heavy atom. The molecule has 0 fully saturated rings. The molecule has 0 amide bonds. The summed E-state index contributed by atoms with van der Waals surface area (Å²) in [6.07, 6.45) is 0. The van der Waals surface area contributed by atoms with Gasteiger partial charge < -0.3 is 0 Å². The van der Waals surface area contributed by atoms with Crippen LogP contribution in [0.4, 0.5) is 0 Å². The summed E-state index contributed by atoms with van der Waals surface area (Å²) < 4.78 is 9.44. The van der Waals surface area contributed by atoms with E-state index in [1.54, 1.807) is 0 Å². The van der Waals surface area contributed by atoms with Crippen molar-refractivity contribution in [3.8, 4) is 33.8 Å². The Kier molecular flexibility index (Phi) is 5.35. The molecule has 4 heteroatoms. The van der Waals surface area contributed by atoms with Gasteiger partial charge in [0.1, 0.15) is 0 Å². The Morgan fingerprint density at radius 3 is 2.12 bits per heavy atom. The smallest absolute Gasteiger partial charge is 0.0616 e. The SMILES string of the molecule is c1ccc(-c2nc(-c3ccc4oc5cccc(-c6cccc7[te]c8ccccc8c67)c5c4c3)nc3ccccc23)cc1. The third-order valence-electron chi connectivity index (χ3n) is 8.10. The van der Waals surface area contributed by atoms with Crippen molar-refractivity contribution < 1.29 is 4.42 Å². The van der Waals surface area contributed by atoms with Crippen LogP contribution in [0, 0.1) is 0 Å². The molecule has 3 aromatic heterocycles. The molecule has 3 nitrogen and oxygen atoms in total. The molecule has 0 radical (unpaired) electrons. The minimum Gasteiger partial charge on any atom is -0.0616 e. The second kappa shape index (κ2) is 9.39. The summed E-state index contributed by atoms with van der Waals surface area (Å²) in [5, 5.41) is 6.03. The molecular formula is C38H22N2OTe. The number of rotatable bonds is 3. The normalized spacial score (nSPS) is 11.8. The number of nitrogens with zero attached hydrogens (tertiary/aromatic N) is 2. The fraction of sp³-hybridized carbons (Fsp3) is 0. The van der Waals surface area contributed by atoms with Crippen LogP contribution in [0.2, 0.25) is 0 Å². The summed E-state index contributed by atoms with van der Waals surface area (Å²) in [6, 6.07) is 47.1. The summed E-state index contributed by atoms with van der Waals surface area (Å²) >= 11 is -0.398. The van der Waals surface area contributed by atoms with Crippen molar-refractivity contribution >= 4 is 70.8 Å². The molecule has 9 rings (SSSR count). The van der Waals surface area contributed by atoms with E-state index in [9.17, 15) is 0 Å². The zero-order valence-electron chi connectivity index (χ0n) is 22.4. The standard InChI is InChI=1S/C38H22N2OTe/c1-2-10-23(11-3-1)37-27-12-4-6-16-30(27)39-38(40-37)24-20-21-31-29(22-24)35-25(14-8-17-32(35)41-31)26-15-9-19-34-36(26)28-13-5-7-18-33(28)42-34/h1-22H. The van der Waals surface area contributed by atoms with Crippen molar-refractivity contribution in [3.63, 3.8) is 0 Å². The van der Waals surface area contributed by atoms with E-state index in [-0.39, 0.29) is 0 Å². The quantitative estimate of drug-likeness (QED) is 0.179. The average molecular weight is 650 g/mol. The summed E-state index contributed by atoms with van der Waals surface area (Å²) in [4.78, 5) is 10.1. The summed E-state index contributed by atoms with van der Waals surface area (Å²) in [5.41, 5.74) is 8.16. The molecule has 0 aliphatic heterocycles. The minimum atomic E-state index is -0.398. The van der Waals surface area contributed by atoms with Gasteiger partial charge in [0, 0.05) is 0 Å². The van der Waals surface area contributed by atoms with Crippen molar-refractivity contribution in [2.45, 2.75) is 0 Å². The van der Waals surface area contributed by atoms with E-state index < -0.39 is 20.4 Å². The number of hydrogen-bond acceptors (Lipinski definition) is 3. The Labute approximate surface area is 251 Å². The van der Waals surface area contributed by atoms with Crippen LogP contribution in [0.25, 0.3) is 84.2 Å². The van der Waals surface area contributed by atoms with Crippen LogP contribution in [0.15, 0.2) is 138 Å². The monoisotopic (exact) mass is 652 g/mol. The maximum atomic E-state index is 6.42. The molecule has 42 heavy (non-hydrogen) atoms. The van der Waals surface area contributed by atoms with Gasteiger partial charge in [0.05, 0.1) is 0 Å². The van der Waals surface area contributed by atoms with E-state index >= 15 is 0 Å². The first-order valence-electron chi connectivity index (χ1n) is 14.0. The van der Waals surface area contributed by atoms with E-state index in [2.05, 4.69) is 115 Å². The third kappa shape index (κ3) is 3.66. The molecule has 0 spiro atoms. The van der Waals surface area contributed by atoms with Gasteiger partial charge in [-0.25, -0.2) is 0 Å². The van der Waals surface area contributed by atoms with Crippen molar-refractivity contribution in [2.24, 2.45) is 0 Å². The minimum absolute atomic E-state index is 0.398. The molecule has 0 saturated heterocycles. The topological polar surface area (TPSA) is 38.9 Å². The van der Waals surface area contributed by atoms with Crippen molar-refractivity contribution in [1.82, 2.24) is 9.97 Å². The number of para-hydroxylation sites is 1. The Bertz CT molecular complexity index is 2470. The number of benzene rings is 6. The van der Waals surface area contributed by atoms with E-state index in [4.69, 9.17) is 14.4 Å². The van der Waals surface area contributed by atoms with Gasteiger partial charge in [-0.05, 0) is 0 Å². The van der Waals surface area contributed by atoms with Gasteiger partial charge in [0.25, 0.3) is 0 Å².